The molecule has 0 heterocycles. The molecule has 1 fully saturated rings. The van der Waals surface area contributed by atoms with Crippen LogP contribution in [0.1, 0.15) is 57.5 Å². The van der Waals surface area contributed by atoms with E-state index in [-0.39, 0.29) is 17.9 Å². The van der Waals surface area contributed by atoms with Crippen molar-refractivity contribution in [2.75, 3.05) is 5.32 Å². The van der Waals surface area contributed by atoms with Crippen molar-refractivity contribution in [2.24, 2.45) is 0 Å². The zero-order chi connectivity index (χ0) is 17.2. The highest BCUT2D eigenvalue weighted by atomic mass is 16.2. The summed E-state index contributed by atoms with van der Waals surface area (Å²) in [6, 6.07) is 13.4. The van der Waals surface area contributed by atoms with Crippen molar-refractivity contribution in [3.63, 3.8) is 0 Å². The van der Waals surface area contributed by atoms with E-state index in [0.717, 1.165) is 25.7 Å². The van der Waals surface area contributed by atoms with E-state index in [0.29, 0.717) is 16.8 Å². The number of amides is 2. The van der Waals surface area contributed by atoms with E-state index in [1.165, 1.54) is 24.0 Å². The third kappa shape index (κ3) is 3.58. The van der Waals surface area contributed by atoms with Gasteiger partial charge in [-0.3, -0.25) is 9.59 Å². The van der Waals surface area contributed by atoms with E-state index in [2.05, 4.69) is 16.7 Å². The highest BCUT2D eigenvalue weighted by Gasteiger charge is 2.25. The minimum Gasteiger partial charge on any atom is -0.349 e. The topological polar surface area (TPSA) is 58.2 Å². The summed E-state index contributed by atoms with van der Waals surface area (Å²) < 4.78 is 0. The Morgan fingerprint density at radius 1 is 0.880 bits per heavy atom. The van der Waals surface area contributed by atoms with Crippen LogP contribution in [0.25, 0.3) is 0 Å². The number of carbonyl (C=O) groups is 2. The molecular formula is C21H22N2O2. The van der Waals surface area contributed by atoms with Crippen molar-refractivity contribution in [3.8, 4) is 0 Å². The molecule has 0 unspecified atom stereocenters. The van der Waals surface area contributed by atoms with Crippen molar-refractivity contribution >= 4 is 17.5 Å². The molecule has 25 heavy (non-hydrogen) atoms. The first kappa shape index (κ1) is 15.9. The quantitative estimate of drug-likeness (QED) is 0.895. The van der Waals surface area contributed by atoms with Crippen molar-refractivity contribution in [3.05, 3.63) is 64.7 Å². The molecule has 0 aromatic heterocycles. The minimum absolute atomic E-state index is 0.121. The van der Waals surface area contributed by atoms with Crippen LogP contribution >= 0.6 is 0 Å². The number of hydrogen-bond donors (Lipinski definition) is 2. The van der Waals surface area contributed by atoms with Crippen molar-refractivity contribution in [1.82, 2.24) is 5.32 Å². The maximum atomic E-state index is 12.7. The molecule has 0 spiro atoms. The molecule has 0 atom stereocenters. The summed E-state index contributed by atoms with van der Waals surface area (Å²) in [4.78, 5) is 25.0. The average Bonchev–Trinajstić information content (AvgIpc) is 3.45. The van der Waals surface area contributed by atoms with Gasteiger partial charge in [0.05, 0.1) is 11.3 Å². The van der Waals surface area contributed by atoms with Crippen LogP contribution in [-0.2, 0) is 12.8 Å². The van der Waals surface area contributed by atoms with Gasteiger partial charge in [-0.2, -0.15) is 0 Å². The van der Waals surface area contributed by atoms with Gasteiger partial charge in [-0.25, -0.2) is 0 Å². The number of rotatable bonds is 4. The smallest absolute Gasteiger partial charge is 0.255 e. The van der Waals surface area contributed by atoms with Crippen LogP contribution in [0.3, 0.4) is 0 Å². The van der Waals surface area contributed by atoms with Gasteiger partial charge in [0.15, 0.2) is 0 Å². The molecule has 0 saturated heterocycles. The Hall–Kier alpha value is -2.62. The first-order valence-corrected chi connectivity index (χ1v) is 9.04. The molecule has 2 N–H and O–H groups in total. The summed E-state index contributed by atoms with van der Waals surface area (Å²) in [5, 5.41) is 5.88. The maximum absolute atomic E-state index is 12.7. The van der Waals surface area contributed by atoms with E-state index in [1.807, 2.05) is 24.3 Å². The van der Waals surface area contributed by atoms with Crippen molar-refractivity contribution in [2.45, 2.75) is 44.6 Å². The normalized spacial score (nSPS) is 16.0. The molecule has 128 valence electrons. The fourth-order valence-electron chi connectivity index (χ4n) is 3.35. The van der Waals surface area contributed by atoms with Gasteiger partial charge in [-0.05, 0) is 73.9 Å². The van der Waals surface area contributed by atoms with Gasteiger partial charge in [0.1, 0.15) is 0 Å². The van der Waals surface area contributed by atoms with E-state index in [9.17, 15) is 9.59 Å². The fourth-order valence-corrected chi connectivity index (χ4v) is 3.35. The van der Waals surface area contributed by atoms with Crippen LogP contribution in [0.2, 0.25) is 0 Å². The number of aryl methyl sites for hydroxylation is 2. The zero-order valence-electron chi connectivity index (χ0n) is 14.2. The summed E-state index contributed by atoms with van der Waals surface area (Å²) in [5.41, 5.74) is 4.35. The SMILES string of the molecule is O=C(Nc1ccccc1C(=O)NC1CC1)c1ccc2c(c1)CCCC2. The van der Waals surface area contributed by atoms with Gasteiger partial charge >= 0.3 is 0 Å². The van der Waals surface area contributed by atoms with Gasteiger partial charge < -0.3 is 10.6 Å². The Balaban J connectivity index is 1.53. The second kappa shape index (κ2) is 6.71. The lowest BCUT2D eigenvalue weighted by atomic mass is 9.90. The van der Waals surface area contributed by atoms with E-state index >= 15 is 0 Å². The molecule has 0 bridgehead atoms. The van der Waals surface area contributed by atoms with E-state index < -0.39 is 0 Å². The number of anilines is 1. The largest absolute Gasteiger partial charge is 0.349 e. The first-order chi connectivity index (χ1) is 12.2. The summed E-state index contributed by atoms with van der Waals surface area (Å²) >= 11 is 0. The third-order valence-electron chi connectivity index (χ3n) is 4.94. The highest BCUT2D eigenvalue weighted by Crippen LogP contribution is 2.24. The molecule has 2 aliphatic carbocycles. The predicted octanol–water partition coefficient (Wildman–Crippen LogP) is 3.71. The van der Waals surface area contributed by atoms with Crippen LogP contribution in [0, 0.1) is 0 Å². The lowest BCUT2D eigenvalue weighted by Gasteiger charge is -2.17. The monoisotopic (exact) mass is 334 g/mol. The molecule has 0 radical (unpaired) electrons. The van der Waals surface area contributed by atoms with Crippen molar-refractivity contribution in [1.29, 1.82) is 0 Å². The lowest BCUT2D eigenvalue weighted by Crippen LogP contribution is -2.27. The first-order valence-electron chi connectivity index (χ1n) is 9.04. The van der Waals surface area contributed by atoms with Crippen LogP contribution in [-0.4, -0.2) is 17.9 Å². The van der Waals surface area contributed by atoms with Gasteiger partial charge in [-0.1, -0.05) is 18.2 Å². The standard InChI is InChI=1S/C21H22N2O2/c24-20(16-10-9-14-5-1-2-6-15(14)13-16)23-19-8-4-3-7-18(19)21(25)22-17-11-12-17/h3-4,7-10,13,17H,1-2,5-6,11-12H2,(H,22,25)(H,23,24). The number of carbonyl (C=O) groups excluding carboxylic acids is 2. The van der Waals surface area contributed by atoms with Crippen molar-refractivity contribution < 1.29 is 9.59 Å². The number of hydrogen-bond acceptors (Lipinski definition) is 2. The molecule has 2 aromatic carbocycles. The second-order valence-electron chi connectivity index (χ2n) is 6.94. The lowest BCUT2D eigenvalue weighted by molar-refractivity contribution is 0.0952. The Kier molecular flexibility index (Phi) is 4.26. The number of benzene rings is 2. The molecular weight excluding hydrogens is 312 g/mol. The van der Waals surface area contributed by atoms with Crippen LogP contribution in [0.4, 0.5) is 5.69 Å². The molecule has 4 heteroatoms. The second-order valence-corrected chi connectivity index (χ2v) is 6.94. The van der Waals surface area contributed by atoms with Crippen LogP contribution in [0.15, 0.2) is 42.5 Å². The molecule has 2 amide bonds. The number of para-hydroxylation sites is 1. The number of fused-ring (bicyclic) bond motifs is 1. The van der Waals surface area contributed by atoms with Gasteiger partial charge in [-0.15, -0.1) is 0 Å². The van der Waals surface area contributed by atoms with E-state index in [1.54, 1.807) is 12.1 Å². The van der Waals surface area contributed by atoms with Gasteiger partial charge in [0.25, 0.3) is 11.8 Å². The minimum atomic E-state index is -0.167. The maximum Gasteiger partial charge on any atom is 0.255 e. The van der Waals surface area contributed by atoms with E-state index in [4.69, 9.17) is 0 Å². The Morgan fingerprint density at radius 3 is 2.44 bits per heavy atom. The molecule has 4 nitrogen and oxygen atoms in total. The predicted molar refractivity (Wildman–Crippen MR) is 98.0 cm³/mol. The van der Waals surface area contributed by atoms with Crippen LogP contribution in [0.5, 0.6) is 0 Å². The average molecular weight is 334 g/mol. The summed E-state index contributed by atoms with van der Waals surface area (Å²) in [6.45, 7) is 0. The molecule has 1 saturated carbocycles. The Bertz CT molecular complexity index is 824. The van der Waals surface area contributed by atoms with Gasteiger partial charge in [0, 0.05) is 11.6 Å². The highest BCUT2D eigenvalue weighted by molar-refractivity contribution is 6.09. The summed E-state index contributed by atoms with van der Waals surface area (Å²) in [5.74, 6) is -0.288. The van der Waals surface area contributed by atoms with Gasteiger partial charge in [0.2, 0.25) is 0 Å². The summed E-state index contributed by atoms with van der Waals surface area (Å²) in [6.07, 6.45) is 6.62. The molecule has 2 aliphatic rings. The summed E-state index contributed by atoms with van der Waals surface area (Å²) in [7, 11) is 0. The molecule has 2 aromatic rings. The molecule has 0 aliphatic heterocycles. The Labute approximate surface area is 147 Å². The number of nitrogens with one attached hydrogen (secondary N) is 2. The zero-order valence-corrected chi connectivity index (χ0v) is 14.2. The van der Waals surface area contributed by atoms with Crippen LogP contribution < -0.4 is 10.6 Å². The molecule has 4 rings (SSSR count). The third-order valence-corrected chi connectivity index (χ3v) is 4.94. The Morgan fingerprint density at radius 2 is 1.64 bits per heavy atom. The fraction of sp³-hybridized carbons (Fsp3) is 0.333.